The van der Waals surface area contributed by atoms with Crippen molar-refractivity contribution in [3.63, 3.8) is 0 Å². The second-order valence-electron chi connectivity index (χ2n) is 6.88. The highest BCUT2D eigenvalue weighted by Crippen LogP contribution is 2.28. The van der Waals surface area contributed by atoms with Crippen LogP contribution in [0.1, 0.15) is 12.5 Å². The molecule has 1 saturated heterocycles. The van der Waals surface area contributed by atoms with Crippen LogP contribution in [0.2, 0.25) is 0 Å². The number of para-hydroxylation sites is 2. The fourth-order valence-corrected chi connectivity index (χ4v) is 3.34. The van der Waals surface area contributed by atoms with E-state index in [1.54, 1.807) is 23.1 Å². The average molecular weight is 419 g/mol. The Balaban J connectivity index is 1.49. The van der Waals surface area contributed by atoms with E-state index in [2.05, 4.69) is 10.2 Å². The SMILES string of the molecule is CCOc1ccccc1N1CCN(C(=O)NCc2cccc(OCC(F)F)c2)CC1. The number of ether oxygens (including phenoxy) is 2. The quantitative estimate of drug-likeness (QED) is 0.708. The van der Waals surface area contributed by atoms with E-state index in [-0.39, 0.29) is 6.03 Å². The topological polar surface area (TPSA) is 54.0 Å². The number of rotatable bonds is 8. The van der Waals surface area contributed by atoms with Crippen LogP contribution in [0.15, 0.2) is 48.5 Å². The van der Waals surface area contributed by atoms with Crippen LogP contribution >= 0.6 is 0 Å². The molecule has 3 rings (SSSR count). The second kappa shape index (κ2) is 10.7. The first-order valence-electron chi connectivity index (χ1n) is 10.1. The normalized spacial score (nSPS) is 14.0. The van der Waals surface area contributed by atoms with Crippen molar-refractivity contribution < 1.29 is 23.0 Å². The maximum atomic E-state index is 12.5. The van der Waals surface area contributed by atoms with E-state index in [0.717, 1.165) is 17.0 Å². The predicted molar refractivity (Wildman–Crippen MR) is 112 cm³/mol. The van der Waals surface area contributed by atoms with E-state index in [0.29, 0.717) is 45.1 Å². The van der Waals surface area contributed by atoms with Gasteiger partial charge < -0.3 is 24.6 Å². The number of alkyl halides is 2. The smallest absolute Gasteiger partial charge is 0.317 e. The highest BCUT2D eigenvalue weighted by Gasteiger charge is 2.22. The summed E-state index contributed by atoms with van der Waals surface area (Å²) in [5.74, 6) is 1.22. The molecular weight excluding hydrogens is 392 g/mol. The van der Waals surface area contributed by atoms with Gasteiger partial charge in [-0.2, -0.15) is 0 Å². The highest BCUT2D eigenvalue weighted by atomic mass is 19.3. The Morgan fingerprint density at radius 3 is 2.57 bits per heavy atom. The Morgan fingerprint density at radius 1 is 1.07 bits per heavy atom. The monoisotopic (exact) mass is 419 g/mol. The van der Waals surface area contributed by atoms with Crippen molar-refractivity contribution >= 4 is 11.7 Å². The zero-order valence-electron chi connectivity index (χ0n) is 17.0. The fourth-order valence-electron chi connectivity index (χ4n) is 3.34. The van der Waals surface area contributed by atoms with E-state index >= 15 is 0 Å². The number of carbonyl (C=O) groups is 1. The van der Waals surface area contributed by atoms with E-state index in [9.17, 15) is 13.6 Å². The number of anilines is 1. The molecule has 8 heteroatoms. The van der Waals surface area contributed by atoms with Crippen molar-refractivity contribution in [1.82, 2.24) is 10.2 Å². The Kier molecular flexibility index (Phi) is 7.70. The minimum absolute atomic E-state index is 0.147. The van der Waals surface area contributed by atoms with Gasteiger partial charge in [0.05, 0.1) is 12.3 Å². The van der Waals surface area contributed by atoms with Gasteiger partial charge in [0, 0.05) is 32.7 Å². The highest BCUT2D eigenvalue weighted by molar-refractivity contribution is 5.74. The molecule has 2 aromatic carbocycles. The van der Waals surface area contributed by atoms with Crippen molar-refractivity contribution in [3.05, 3.63) is 54.1 Å². The lowest BCUT2D eigenvalue weighted by atomic mass is 10.2. The lowest BCUT2D eigenvalue weighted by Crippen LogP contribution is -2.51. The molecule has 0 unspecified atom stereocenters. The molecule has 0 radical (unpaired) electrons. The van der Waals surface area contributed by atoms with Crippen LogP contribution in [0.4, 0.5) is 19.3 Å². The zero-order valence-corrected chi connectivity index (χ0v) is 17.0. The van der Waals surface area contributed by atoms with Gasteiger partial charge in [-0.3, -0.25) is 0 Å². The third kappa shape index (κ3) is 5.98. The molecule has 2 aromatic rings. The summed E-state index contributed by atoms with van der Waals surface area (Å²) in [4.78, 5) is 16.5. The molecule has 1 heterocycles. The van der Waals surface area contributed by atoms with Crippen molar-refractivity contribution in [2.75, 3.05) is 44.3 Å². The molecule has 1 aliphatic rings. The average Bonchev–Trinajstić information content (AvgIpc) is 2.77. The first kappa shape index (κ1) is 21.7. The summed E-state index contributed by atoms with van der Waals surface area (Å²) in [6, 6.07) is 14.6. The van der Waals surface area contributed by atoms with Gasteiger partial charge in [0.2, 0.25) is 0 Å². The number of urea groups is 1. The van der Waals surface area contributed by atoms with E-state index in [1.807, 2.05) is 37.3 Å². The Hall–Kier alpha value is -3.03. The molecule has 0 atom stereocenters. The maximum Gasteiger partial charge on any atom is 0.317 e. The molecule has 6 nitrogen and oxygen atoms in total. The minimum Gasteiger partial charge on any atom is -0.492 e. The number of hydrogen-bond acceptors (Lipinski definition) is 4. The molecule has 0 saturated carbocycles. The Morgan fingerprint density at radius 2 is 1.83 bits per heavy atom. The molecular formula is C22H27F2N3O3. The van der Waals surface area contributed by atoms with Crippen LogP contribution in [-0.4, -0.2) is 56.7 Å². The van der Waals surface area contributed by atoms with E-state index in [1.165, 1.54) is 0 Å². The summed E-state index contributed by atoms with van der Waals surface area (Å²) >= 11 is 0. The minimum atomic E-state index is -2.52. The van der Waals surface area contributed by atoms with Crippen molar-refractivity contribution in [2.45, 2.75) is 19.9 Å². The maximum absolute atomic E-state index is 12.5. The first-order chi connectivity index (χ1) is 14.6. The molecule has 162 valence electrons. The summed E-state index contributed by atoms with van der Waals surface area (Å²) in [5.41, 5.74) is 1.83. The summed E-state index contributed by atoms with van der Waals surface area (Å²) in [5, 5.41) is 2.89. The molecule has 1 N–H and O–H groups in total. The third-order valence-corrected chi connectivity index (χ3v) is 4.79. The number of nitrogens with zero attached hydrogens (tertiary/aromatic N) is 2. The number of hydrogen-bond donors (Lipinski definition) is 1. The van der Waals surface area contributed by atoms with Crippen molar-refractivity contribution in [1.29, 1.82) is 0 Å². The van der Waals surface area contributed by atoms with Gasteiger partial charge >= 0.3 is 6.03 Å². The third-order valence-electron chi connectivity index (χ3n) is 4.79. The van der Waals surface area contributed by atoms with Crippen LogP contribution in [-0.2, 0) is 6.54 Å². The number of nitrogens with one attached hydrogen (secondary N) is 1. The largest absolute Gasteiger partial charge is 0.492 e. The standard InChI is InChI=1S/C22H27F2N3O3/c1-2-29-20-9-4-3-8-19(20)26-10-12-27(13-11-26)22(28)25-15-17-6-5-7-18(14-17)30-16-21(23)24/h3-9,14,21H,2,10-13,15-16H2,1H3,(H,25,28). The Bertz CT molecular complexity index is 827. The molecule has 1 aliphatic heterocycles. The summed E-state index contributed by atoms with van der Waals surface area (Å²) in [6.45, 7) is 4.86. The van der Waals surface area contributed by atoms with E-state index in [4.69, 9.17) is 9.47 Å². The molecule has 30 heavy (non-hydrogen) atoms. The first-order valence-corrected chi connectivity index (χ1v) is 10.1. The van der Waals surface area contributed by atoms with Gasteiger partial charge in [-0.15, -0.1) is 0 Å². The van der Waals surface area contributed by atoms with Crippen molar-refractivity contribution in [3.8, 4) is 11.5 Å². The second-order valence-corrected chi connectivity index (χ2v) is 6.88. The van der Waals surface area contributed by atoms with Crippen LogP contribution < -0.4 is 19.7 Å². The molecule has 0 bridgehead atoms. The summed E-state index contributed by atoms with van der Waals surface area (Å²) in [7, 11) is 0. The van der Waals surface area contributed by atoms with Crippen LogP contribution in [0.3, 0.4) is 0 Å². The molecule has 0 aromatic heterocycles. The molecule has 2 amide bonds. The number of piperazine rings is 1. The van der Waals surface area contributed by atoms with Gasteiger partial charge in [-0.05, 0) is 36.8 Å². The van der Waals surface area contributed by atoms with Gasteiger partial charge in [-0.25, -0.2) is 13.6 Å². The lowest BCUT2D eigenvalue weighted by molar-refractivity contribution is 0.0818. The zero-order chi connectivity index (χ0) is 21.3. The van der Waals surface area contributed by atoms with Gasteiger partial charge in [0.15, 0.2) is 0 Å². The lowest BCUT2D eigenvalue weighted by Gasteiger charge is -2.36. The summed E-state index contributed by atoms with van der Waals surface area (Å²) < 4.78 is 35.3. The number of benzene rings is 2. The van der Waals surface area contributed by atoms with Crippen LogP contribution in [0, 0.1) is 0 Å². The van der Waals surface area contributed by atoms with E-state index < -0.39 is 13.0 Å². The van der Waals surface area contributed by atoms with Crippen LogP contribution in [0.5, 0.6) is 11.5 Å². The summed E-state index contributed by atoms with van der Waals surface area (Å²) in [6.07, 6.45) is -2.52. The molecule has 1 fully saturated rings. The van der Waals surface area contributed by atoms with Gasteiger partial charge in [0.25, 0.3) is 6.43 Å². The Labute approximate surface area is 175 Å². The van der Waals surface area contributed by atoms with Crippen LogP contribution in [0.25, 0.3) is 0 Å². The fraction of sp³-hybridized carbons (Fsp3) is 0.409. The van der Waals surface area contributed by atoms with Gasteiger partial charge in [0.1, 0.15) is 18.1 Å². The van der Waals surface area contributed by atoms with Gasteiger partial charge in [-0.1, -0.05) is 24.3 Å². The molecule has 0 spiro atoms. The van der Waals surface area contributed by atoms with Crippen molar-refractivity contribution in [2.24, 2.45) is 0 Å². The number of halogens is 2. The number of amides is 2. The molecule has 0 aliphatic carbocycles. The predicted octanol–water partition coefficient (Wildman–Crippen LogP) is 3.76. The number of carbonyl (C=O) groups excluding carboxylic acids is 1.